The molecule has 2 aromatic rings. The molecule has 30 heavy (non-hydrogen) atoms. The maximum Gasteiger partial charge on any atom is 0.261 e. The Labute approximate surface area is 176 Å². The Morgan fingerprint density at radius 2 is 1.93 bits per heavy atom. The zero-order valence-corrected chi connectivity index (χ0v) is 17.8. The second-order valence-corrected chi connectivity index (χ2v) is 8.65. The van der Waals surface area contributed by atoms with Crippen molar-refractivity contribution >= 4 is 33.2 Å². The highest BCUT2D eigenvalue weighted by molar-refractivity contribution is 7.92. The van der Waals surface area contributed by atoms with E-state index in [0.717, 1.165) is 17.7 Å². The predicted octanol–water partition coefficient (Wildman–Crippen LogP) is 2.16. The third-order valence-electron chi connectivity index (χ3n) is 4.87. The Balaban J connectivity index is 1.86. The van der Waals surface area contributed by atoms with Gasteiger partial charge < -0.3 is 15.0 Å². The fraction of sp³-hybridized carbons (Fsp3) is 0.333. The first-order chi connectivity index (χ1) is 14.3. The number of anilines is 2. The smallest absolute Gasteiger partial charge is 0.261 e. The van der Waals surface area contributed by atoms with Gasteiger partial charge in [-0.3, -0.25) is 14.3 Å². The van der Waals surface area contributed by atoms with Crippen molar-refractivity contribution in [1.82, 2.24) is 5.32 Å². The van der Waals surface area contributed by atoms with E-state index in [1.54, 1.807) is 41.3 Å². The minimum atomic E-state index is -3.92. The molecule has 0 saturated heterocycles. The average molecular weight is 432 g/mol. The first kappa shape index (κ1) is 21.8. The normalized spacial score (nSPS) is 13.5. The van der Waals surface area contributed by atoms with Crippen LogP contribution in [0.5, 0.6) is 0 Å². The lowest BCUT2D eigenvalue weighted by atomic mass is 10.0. The molecule has 0 bridgehead atoms. The number of para-hydroxylation sites is 1. The molecule has 3 rings (SSSR count). The SMILES string of the molecule is COCCNC(=O)c1ccccc1NS(=O)(=O)c1ccc2c(c1)CCCN2C(C)=O. The summed E-state index contributed by atoms with van der Waals surface area (Å²) in [6, 6.07) is 11.1. The van der Waals surface area contributed by atoms with E-state index in [0.29, 0.717) is 26.1 Å². The van der Waals surface area contributed by atoms with Crippen LogP contribution in [-0.2, 0) is 26.0 Å². The second-order valence-electron chi connectivity index (χ2n) is 6.96. The first-order valence-corrected chi connectivity index (χ1v) is 11.1. The number of nitrogens with one attached hydrogen (secondary N) is 2. The first-order valence-electron chi connectivity index (χ1n) is 9.63. The molecule has 1 aliphatic rings. The van der Waals surface area contributed by atoms with E-state index >= 15 is 0 Å². The number of aryl methyl sites for hydroxylation is 1. The largest absolute Gasteiger partial charge is 0.383 e. The molecule has 1 aliphatic heterocycles. The van der Waals surface area contributed by atoms with Crippen LogP contribution in [-0.4, -0.2) is 47.0 Å². The molecule has 0 unspecified atom stereocenters. The number of ether oxygens (including phenoxy) is 1. The van der Waals surface area contributed by atoms with E-state index in [9.17, 15) is 18.0 Å². The summed E-state index contributed by atoms with van der Waals surface area (Å²) in [7, 11) is -2.39. The molecule has 0 aliphatic carbocycles. The van der Waals surface area contributed by atoms with Gasteiger partial charge in [-0.05, 0) is 48.7 Å². The van der Waals surface area contributed by atoms with Crippen LogP contribution in [0.2, 0.25) is 0 Å². The van der Waals surface area contributed by atoms with E-state index in [-0.39, 0.29) is 22.1 Å². The molecule has 160 valence electrons. The molecule has 2 amide bonds. The Morgan fingerprint density at radius 1 is 1.17 bits per heavy atom. The lowest BCUT2D eigenvalue weighted by Crippen LogP contribution is -2.33. The van der Waals surface area contributed by atoms with E-state index in [4.69, 9.17) is 4.74 Å². The minimum Gasteiger partial charge on any atom is -0.383 e. The van der Waals surface area contributed by atoms with Crippen molar-refractivity contribution in [2.24, 2.45) is 0 Å². The highest BCUT2D eigenvalue weighted by Gasteiger charge is 2.24. The molecule has 9 heteroatoms. The van der Waals surface area contributed by atoms with Crippen molar-refractivity contribution < 1.29 is 22.7 Å². The summed E-state index contributed by atoms with van der Waals surface area (Å²) >= 11 is 0. The van der Waals surface area contributed by atoms with Crippen molar-refractivity contribution in [2.75, 3.05) is 36.4 Å². The van der Waals surface area contributed by atoms with E-state index in [1.807, 2.05) is 0 Å². The fourth-order valence-electron chi connectivity index (χ4n) is 3.40. The van der Waals surface area contributed by atoms with Crippen molar-refractivity contribution in [3.8, 4) is 0 Å². The number of carbonyl (C=O) groups is 2. The van der Waals surface area contributed by atoms with Gasteiger partial charge in [-0.2, -0.15) is 0 Å². The Kier molecular flexibility index (Phi) is 6.73. The molecule has 0 radical (unpaired) electrons. The van der Waals surface area contributed by atoms with Gasteiger partial charge in [-0.1, -0.05) is 12.1 Å². The van der Waals surface area contributed by atoms with E-state index in [1.165, 1.54) is 20.1 Å². The zero-order valence-electron chi connectivity index (χ0n) is 17.0. The molecule has 2 aromatic carbocycles. The number of fused-ring (bicyclic) bond motifs is 1. The number of sulfonamides is 1. The number of benzene rings is 2. The predicted molar refractivity (Wildman–Crippen MR) is 114 cm³/mol. The number of amides is 2. The summed E-state index contributed by atoms with van der Waals surface area (Å²) in [5.41, 5.74) is 1.96. The van der Waals surface area contributed by atoms with Gasteiger partial charge in [0.05, 0.1) is 22.8 Å². The monoisotopic (exact) mass is 431 g/mol. The van der Waals surface area contributed by atoms with Gasteiger partial charge in [0, 0.05) is 32.8 Å². The molecule has 0 aromatic heterocycles. The molecule has 0 fully saturated rings. The number of hydrogen-bond donors (Lipinski definition) is 2. The Bertz CT molecular complexity index is 1050. The van der Waals surface area contributed by atoms with Crippen molar-refractivity contribution in [3.63, 3.8) is 0 Å². The van der Waals surface area contributed by atoms with Crippen molar-refractivity contribution in [2.45, 2.75) is 24.7 Å². The summed E-state index contributed by atoms with van der Waals surface area (Å²) in [5, 5.41) is 2.69. The molecule has 1 heterocycles. The summed E-state index contributed by atoms with van der Waals surface area (Å²) in [6.07, 6.45) is 1.47. The number of nitrogens with zero attached hydrogens (tertiary/aromatic N) is 1. The zero-order chi connectivity index (χ0) is 21.7. The van der Waals surface area contributed by atoms with Gasteiger partial charge in [0.25, 0.3) is 15.9 Å². The van der Waals surface area contributed by atoms with Crippen LogP contribution < -0.4 is 14.9 Å². The van der Waals surface area contributed by atoms with Gasteiger partial charge in [0.2, 0.25) is 5.91 Å². The van der Waals surface area contributed by atoms with Crippen LogP contribution in [0, 0.1) is 0 Å². The lowest BCUT2D eigenvalue weighted by Gasteiger charge is -2.28. The van der Waals surface area contributed by atoms with Crippen LogP contribution in [0.1, 0.15) is 29.3 Å². The van der Waals surface area contributed by atoms with Gasteiger partial charge >= 0.3 is 0 Å². The molecule has 0 spiro atoms. The molecular weight excluding hydrogens is 406 g/mol. The third kappa shape index (κ3) is 4.80. The highest BCUT2D eigenvalue weighted by atomic mass is 32.2. The average Bonchev–Trinajstić information content (AvgIpc) is 2.73. The highest BCUT2D eigenvalue weighted by Crippen LogP contribution is 2.30. The molecule has 0 atom stereocenters. The Morgan fingerprint density at radius 3 is 2.67 bits per heavy atom. The van der Waals surface area contributed by atoms with Gasteiger partial charge in [0.15, 0.2) is 0 Å². The fourth-order valence-corrected chi connectivity index (χ4v) is 4.53. The van der Waals surface area contributed by atoms with Crippen LogP contribution >= 0.6 is 0 Å². The number of hydrogen-bond acceptors (Lipinski definition) is 5. The minimum absolute atomic E-state index is 0.0712. The van der Waals surface area contributed by atoms with Crippen LogP contribution in [0.3, 0.4) is 0 Å². The second kappa shape index (κ2) is 9.27. The molecule has 8 nitrogen and oxygen atoms in total. The summed E-state index contributed by atoms with van der Waals surface area (Å²) in [6.45, 7) is 2.79. The van der Waals surface area contributed by atoms with Crippen molar-refractivity contribution in [3.05, 3.63) is 53.6 Å². The standard InChI is InChI=1S/C21H25N3O5S/c1-15(25)24-12-5-6-16-14-17(9-10-20(16)24)30(27,28)23-19-8-4-3-7-18(19)21(26)22-11-13-29-2/h3-4,7-10,14,23H,5-6,11-13H2,1-2H3,(H,22,26). The topological polar surface area (TPSA) is 105 Å². The summed E-state index contributed by atoms with van der Waals surface area (Å²) in [4.78, 5) is 26.0. The molecule has 0 saturated carbocycles. The lowest BCUT2D eigenvalue weighted by molar-refractivity contribution is -0.116. The Hall–Kier alpha value is -2.91. The number of rotatable bonds is 7. The van der Waals surface area contributed by atoms with Gasteiger partial charge in [-0.15, -0.1) is 0 Å². The summed E-state index contributed by atoms with van der Waals surface area (Å²) < 4.78 is 33.4. The van der Waals surface area contributed by atoms with Gasteiger partial charge in [0.1, 0.15) is 0 Å². The molecular formula is C21H25N3O5S. The molecule has 2 N–H and O–H groups in total. The van der Waals surface area contributed by atoms with Crippen LogP contribution in [0.25, 0.3) is 0 Å². The third-order valence-corrected chi connectivity index (χ3v) is 6.23. The van der Waals surface area contributed by atoms with Crippen LogP contribution in [0.4, 0.5) is 11.4 Å². The van der Waals surface area contributed by atoms with Gasteiger partial charge in [-0.25, -0.2) is 8.42 Å². The maximum absolute atomic E-state index is 13.0. The quantitative estimate of drug-likeness (QED) is 0.654. The van der Waals surface area contributed by atoms with E-state index < -0.39 is 15.9 Å². The summed E-state index contributed by atoms with van der Waals surface area (Å²) in [5.74, 6) is -0.467. The number of carbonyl (C=O) groups excluding carboxylic acids is 2. The van der Waals surface area contributed by atoms with Crippen molar-refractivity contribution in [1.29, 1.82) is 0 Å². The maximum atomic E-state index is 13.0. The number of methoxy groups -OCH3 is 1. The van der Waals surface area contributed by atoms with Crippen LogP contribution in [0.15, 0.2) is 47.4 Å². The van der Waals surface area contributed by atoms with E-state index in [2.05, 4.69) is 10.0 Å².